The van der Waals surface area contributed by atoms with Gasteiger partial charge in [-0.05, 0) is 52.3 Å². The number of hydrogen-bond acceptors (Lipinski definition) is 4. The van der Waals surface area contributed by atoms with Crippen molar-refractivity contribution in [3.8, 4) is 6.07 Å². The first-order valence-electron chi connectivity index (χ1n) is 5.50. The second-order valence-corrected chi connectivity index (χ2v) is 6.49. The Morgan fingerprint density at radius 3 is 2.65 bits per heavy atom. The average Bonchev–Trinajstić information content (AvgIpc) is 2.41. The normalized spacial score (nSPS) is 10.8. The van der Waals surface area contributed by atoms with Crippen molar-refractivity contribution >= 4 is 37.3 Å². The summed E-state index contributed by atoms with van der Waals surface area (Å²) in [6.07, 6.45) is 0. The van der Waals surface area contributed by atoms with Gasteiger partial charge in [-0.15, -0.1) is 0 Å². The van der Waals surface area contributed by atoms with E-state index in [0.29, 0.717) is 21.4 Å². The molecule has 0 unspecified atom stereocenters. The lowest BCUT2D eigenvalue weighted by atomic mass is 10.2. The SMILES string of the molecule is N#Cc1cccc(NS(=O)(=O)c2cc(N)ccc2Br)c1. The number of halogens is 1. The van der Waals surface area contributed by atoms with Gasteiger partial charge < -0.3 is 5.73 Å². The third-order valence-corrected chi connectivity index (χ3v) is 4.86. The number of benzene rings is 2. The molecule has 5 nitrogen and oxygen atoms in total. The summed E-state index contributed by atoms with van der Waals surface area (Å²) >= 11 is 3.18. The number of nitrogens with zero attached hydrogens (tertiary/aromatic N) is 1. The Bertz CT molecular complexity index is 798. The minimum Gasteiger partial charge on any atom is -0.399 e. The highest BCUT2D eigenvalue weighted by Gasteiger charge is 2.18. The molecule has 0 aliphatic rings. The maximum absolute atomic E-state index is 12.3. The van der Waals surface area contributed by atoms with Crippen LogP contribution >= 0.6 is 15.9 Å². The molecule has 0 heterocycles. The van der Waals surface area contributed by atoms with Crippen LogP contribution in [0, 0.1) is 11.3 Å². The summed E-state index contributed by atoms with van der Waals surface area (Å²) in [4.78, 5) is 0.0415. The lowest BCUT2D eigenvalue weighted by Gasteiger charge is -2.10. The molecule has 0 saturated carbocycles. The predicted octanol–water partition coefficient (Wildman–Crippen LogP) is 2.70. The predicted molar refractivity (Wildman–Crippen MR) is 80.5 cm³/mol. The van der Waals surface area contributed by atoms with Crippen molar-refractivity contribution < 1.29 is 8.42 Å². The number of nitrogens with two attached hydrogens (primary N) is 1. The summed E-state index contributed by atoms with van der Waals surface area (Å²) in [7, 11) is -3.78. The van der Waals surface area contributed by atoms with Gasteiger partial charge in [0, 0.05) is 10.2 Å². The standard InChI is InChI=1S/C13H10BrN3O2S/c14-12-5-4-10(16)7-13(12)20(18,19)17-11-3-1-2-9(6-11)8-15/h1-7,17H,16H2. The fraction of sp³-hybridized carbons (Fsp3) is 0. The fourth-order valence-electron chi connectivity index (χ4n) is 1.59. The molecule has 0 bridgehead atoms. The number of rotatable bonds is 3. The van der Waals surface area contributed by atoms with Crippen molar-refractivity contribution in [1.29, 1.82) is 5.26 Å². The molecule has 0 spiro atoms. The zero-order valence-corrected chi connectivity index (χ0v) is 12.6. The van der Waals surface area contributed by atoms with E-state index < -0.39 is 10.0 Å². The van der Waals surface area contributed by atoms with Gasteiger partial charge in [-0.1, -0.05) is 6.07 Å². The molecule has 7 heteroatoms. The van der Waals surface area contributed by atoms with E-state index in [4.69, 9.17) is 11.0 Å². The largest absolute Gasteiger partial charge is 0.399 e. The van der Waals surface area contributed by atoms with Crippen LogP contribution in [0.15, 0.2) is 51.8 Å². The zero-order chi connectivity index (χ0) is 14.8. The molecule has 2 aromatic carbocycles. The second kappa shape index (κ2) is 5.53. The average molecular weight is 352 g/mol. The van der Waals surface area contributed by atoms with Gasteiger partial charge in [0.15, 0.2) is 0 Å². The van der Waals surface area contributed by atoms with E-state index in [9.17, 15) is 8.42 Å². The molecule has 20 heavy (non-hydrogen) atoms. The molecule has 3 N–H and O–H groups in total. The van der Waals surface area contributed by atoms with Crippen LogP contribution in [0.2, 0.25) is 0 Å². The van der Waals surface area contributed by atoms with Crippen LogP contribution in [0.5, 0.6) is 0 Å². The molecule has 2 rings (SSSR count). The van der Waals surface area contributed by atoms with Gasteiger partial charge in [0.05, 0.1) is 17.3 Å². The Hall–Kier alpha value is -2.04. The molecule has 0 aliphatic heterocycles. The van der Waals surface area contributed by atoms with Crippen molar-refractivity contribution in [2.75, 3.05) is 10.5 Å². The van der Waals surface area contributed by atoms with E-state index in [-0.39, 0.29) is 4.90 Å². The zero-order valence-electron chi connectivity index (χ0n) is 10.2. The summed E-state index contributed by atoms with van der Waals surface area (Å²) in [5.41, 5.74) is 6.64. The third-order valence-electron chi connectivity index (χ3n) is 2.49. The van der Waals surface area contributed by atoms with Gasteiger partial charge in [-0.2, -0.15) is 5.26 Å². The van der Waals surface area contributed by atoms with E-state index >= 15 is 0 Å². The maximum Gasteiger partial charge on any atom is 0.263 e. The first-order chi connectivity index (χ1) is 9.42. The monoisotopic (exact) mass is 351 g/mol. The van der Waals surface area contributed by atoms with Crippen LogP contribution in [0.4, 0.5) is 11.4 Å². The topological polar surface area (TPSA) is 96.0 Å². The van der Waals surface area contributed by atoms with Crippen molar-refractivity contribution in [3.05, 3.63) is 52.5 Å². The van der Waals surface area contributed by atoms with E-state index in [2.05, 4.69) is 20.7 Å². The quantitative estimate of drug-likeness (QED) is 0.830. The Morgan fingerprint density at radius 2 is 1.95 bits per heavy atom. The van der Waals surface area contributed by atoms with Gasteiger partial charge in [0.25, 0.3) is 10.0 Å². The molecule has 2 aromatic rings. The summed E-state index contributed by atoms with van der Waals surface area (Å²) in [5, 5.41) is 8.81. The maximum atomic E-state index is 12.3. The van der Waals surface area contributed by atoms with Crippen molar-refractivity contribution in [2.24, 2.45) is 0 Å². The van der Waals surface area contributed by atoms with Crippen LogP contribution in [-0.4, -0.2) is 8.42 Å². The minimum atomic E-state index is -3.78. The van der Waals surface area contributed by atoms with Crippen LogP contribution in [-0.2, 0) is 10.0 Å². The van der Waals surface area contributed by atoms with Crippen LogP contribution < -0.4 is 10.5 Å². The first-order valence-corrected chi connectivity index (χ1v) is 7.78. The highest BCUT2D eigenvalue weighted by atomic mass is 79.9. The lowest BCUT2D eigenvalue weighted by molar-refractivity contribution is 0.601. The second-order valence-electron chi connectivity index (χ2n) is 3.99. The number of nitrogens with one attached hydrogen (secondary N) is 1. The highest BCUT2D eigenvalue weighted by molar-refractivity contribution is 9.10. The first kappa shape index (κ1) is 14.4. The van der Waals surface area contributed by atoms with Crippen molar-refractivity contribution in [1.82, 2.24) is 0 Å². The lowest BCUT2D eigenvalue weighted by Crippen LogP contribution is -2.14. The Balaban J connectivity index is 2.41. The highest BCUT2D eigenvalue weighted by Crippen LogP contribution is 2.26. The molecule has 0 saturated heterocycles. The third kappa shape index (κ3) is 3.10. The van der Waals surface area contributed by atoms with Crippen molar-refractivity contribution in [3.63, 3.8) is 0 Å². The molecule has 0 fully saturated rings. The van der Waals surface area contributed by atoms with Crippen LogP contribution in [0.25, 0.3) is 0 Å². The van der Waals surface area contributed by atoms with Gasteiger partial charge in [0.1, 0.15) is 4.90 Å². The Labute approximate surface area is 125 Å². The molecule has 0 radical (unpaired) electrons. The fourth-order valence-corrected chi connectivity index (χ4v) is 3.64. The smallest absolute Gasteiger partial charge is 0.263 e. The van der Waals surface area contributed by atoms with Gasteiger partial charge in [0.2, 0.25) is 0 Å². The molecule has 102 valence electrons. The van der Waals surface area contributed by atoms with E-state index in [1.807, 2.05) is 6.07 Å². The molecule has 0 amide bonds. The Kier molecular flexibility index (Phi) is 3.97. The van der Waals surface area contributed by atoms with Crippen LogP contribution in [0.3, 0.4) is 0 Å². The van der Waals surface area contributed by atoms with Crippen LogP contribution in [0.1, 0.15) is 5.56 Å². The summed E-state index contributed by atoms with van der Waals surface area (Å²) in [5.74, 6) is 0. The molecule has 0 aromatic heterocycles. The molecular formula is C13H10BrN3O2S. The van der Waals surface area contributed by atoms with Crippen molar-refractivity contribution in [2.45, 2.75) is 4.90 Å². The van der Waals surface area contributed by atoms with Gasteiger partial charge in [-0.3, -0.25) is 4.72 Å². The van der Waals surface area contributed by atoms with E-state index in [1.54, 1.807) is 30.3 Å². The number of nitriles is 1. The number of nitrogen functional groups attached to an aromatic ring is 1. The summed E-state index contributed by atoms with van der Waals surface area (Å²) < 4.78 is 27.4. The van der Waals surface area contributed by atoms with Gasteiger partial charge >= 0.3 is 0 Å². The number of hydrogen-bond donors (Lipinski definition) is 2. The van der Waals surface area contributed by atoms with Gasteiger partial charge in [-0.25, -0.2) is 8.42 Å². The van der Waals surface area contributed by atoms with E-state index in [1.165, 1.54) is 12.1 Å². The summed E-state index contributed by atoms with van der Waals surface area (Å²) in [6.45, 7) is 0. The Morgan fingerprint density at radius 1 is 1.20 bits per heavy atom. The summed E-state index contributed by atoms with van der Waals surface area (Å²) in [6, 6.07) is 12.7. The number of sulfonamides is 1. The molecule has 0 atom stereocenters. The molecular weight excluding hydrogens is 342 g/mol. The minimum absolute atomic E-state index is 0.0415. The van der Waals surface area contributed by atoms with E-state index in [0.717, 1.165) is 0 Å². The number of anilines is 2. The molecule has 0 aliphatic carbocycles.